The predicted molar refractivity (Wildman–Crippen MR) is 62.9 cm³/mol. The summed E-state index contributed by atoms with van der Waals surface area (Å²) >= 11 is 3.40. The van der Waals surface area contributed by atoms with Crippen molar-refractivity contribution in [2.24, 2.45) is 5.92 Å². The second-order valence-electron chi connectivity index (χ2n) is 4.46. The lowest BCUT2D eigenvalue weighted by Gasteiger charge is -2.27. The van der Waals surface area contributed by atoms with Crippen LogP contribution >= 0.6 is 15.9 Å². The fraction of sp³-hybridized carbons (Fsp3) is 0.455. The molecule has 1 saturated carbocycles. The lowest BCUT2D eigenvalue weighted by Crippen LogP contribution is -2.35. The van der Waals surface area contributed by atoms with Gasteiger partial charge in [0.05, 0.1) is 11.4 Å². The Hall–Kier alpha value is -1.10. The Labute approximate surface area is 101 Å². The largest absolute Gasteiger partial charge is 0.465 e. The van der Waals surface area contributed by atoms with E-state index in [1.165, 1.54) is 4.90 Å². The minimum atomic E-state index is -0.880. The molecule has 2 atom stereocenters. The third-order valence-corrected chi connectivity index (χ3v) is 4.26. The van der Waals surface area contributed by atoms with Crippen molar-refractivity contribution in [3.05, 3.63) is 21.9 Å². The first-order valence-corrected chi connectivity index (χ1v) is 6.04. The average Bonchev–Trinajstić information content (AvgIpc) is 3.00. The zero-order chi connectivity index (χ0) is 11.4. The molecule has 1 aromatic rings. The number of carboxylic acid groups (broad SMARTS) is 1. The average molecular weight is 283 g/mol. The van der Waals surface area contributed by atoms with Gasteiger partial charge in [0.1, 0.15) is 0 Å². The Balaban J connectivity index is 2.20. The first-order valence-electron chi connectivity index (χ1n) is 5.25. The molecular formula is C11H11BrN2O2. The van der Waals surface area contributed by atoms with Gasteiger partial charge in [0, 0.05) is 23.1 Å². The summed E-state index contributed by atoms with van der Waals surface area (Å²) in [5.41, 5.74) is 2.72. The van der Waals surface area contributed by atoms with E-state index in [2.05, 4.69) is 20.9 Å². The number of halogens is 1. The number of fused-ring (bicyclic) bond motifs is 3. The SMILES string of the molecule is Cc1c(Br)cnc2c1N(C(=O)O)CC1CC21. The zero-order valence-corrected chi connectivity index (χ0v) is 10.4. The van der Waals surface area contributed by atoms with Gasteiger partial charge in [0.2, 0.25) is 0 Å². The van der Waals surface area contributed by atoms with Crippen molar-refractivity contribution in [1.29, 1.82) is 0 Å². The van der Waals surface area contributed by atoms with Crippen LogP contribution in [0.3, 0.4) is 0 Å². The Morgan fingerprint density at radius 1 is 1.69 bits per heavy atom. The summed E-state index contributed by atoms with van der Waals surface area (Å²) < 4.78 is 0.872. The number of pyridine rings is 1. The maximum atomic E-state index is 11.2. The summed E-state index contributed by atoms with van der Waals surface area (Å²) in [5.74, 6) is 0.967. The highest BCUT2D eigenvalue weighted by atomic mass is 79.9. The Morgan fingerprint density at radius 3 is 3.12 bits per heavy atom. The van der Waals surface area contributed by atoms with Crippen molar-refractivity contribution in [2.45, 2.75) is 19.3 Å². The molecule has 2 heterocycles. The summed E-state index contributed by atoms with van der Waals surface area (Å²) in [6, 6.07) is 0. The van der Waals surface area contributed by atoms with Crippen LogP contribution in [0.1, 0.15) is 23.6 Å². The van der Waals surface area contributed by atoms with Gasteiger partial charge >= 0.3 is 6.09 Å². The fourth-order valence-electron chi connectivity index (χ4n) is 2.49. The number of anilines is 1. The molecule has 2 aliphatic rings. The fourth-order valence-corrected chi connectivity index (χ4v) is 2.78. The lowest BCUT2D eigenvalue weighted by molar-refractivity contribution is 0.201. The molecule has 4 nitrogen and oxygen atoms in total. The summed E-state index contributed by atoms with van der Waals surface area (Å²) in [6.45, 7) is 2.55. The number of rotatable bonds is 0. The maximum Gasteiger partial charge on any atom is 0.411 e. The second-order valence-corrected chi connectivity index (χ2v) is 5.31. The van der Waals surface area contributed by atoms with Gasteiger partial charge in [-0.05, 0) is 40.8 Å². The van der Waals surface area contributed by atoms with Crippen molar-refractivity contribution < 1.29 is 9.90 Å². The minimum absolute atomic E-state index is 0.483. The van der Waals surface area contributed by atoms with Gasteiger partial charge < -0.3 is 5.11 Å². The van der Waals surface area contributed by atoms with Crippen LogP contribution in [0.2, 0.25) is 0 Å². The number of amides is 1. The molecule has 1 aliphatic heterocycles. The van der Waals surface area contributed by atoms with Gasteiger partial charge in [-0.2, -0.15) is 0 Å². The van der Waals surface area contributed by atoms with Crippen molar-refractivity contribution in [1.82, 2.24) is 4.98 Å². The molecule has 1 N–H and O–H groups in total. The first kappa shape index (κ1) is 10.1. The van der Waals surface area contributed by atoms with E-state index in [0.717, 1.165) is 27.8 Å². The quantitative estimate of drug-likeness (QED) is 0.796. The standard InChI is InChI=1S/C11H11BrN2O2/c1-5-8(12)3-13-9-7-2-6(7)4-14(10(5)9)11(15)16/h3,6-7H,2,4H2,1H3,(H,15,16). The number of hydrogen-bond donors (Lipinski definition) is 1. The van der Waals surface area contributed by atoms with Gasteiger partial charge in [-0.25, -0.2) is 4.79 Å². The van der Waals surface area contributed by atoms with E-state index in [4.69, 9.17) is 0 Å². The third kappa shape index (κ3) is 1.27. The maximum absolute atomic E-state index is 11.2. The highest BCUT2D eigenvalue weighted by Gasteiger charge is 2.48. The van der Waals surface area contributed by atoms with E-state index < -0.39 is 6.09 Å². The van der Waals surface area contributed by atoms with Crippen LogP contribution in [0, 0.1) is 12.8 Å². The molecule has 0 aromatic carbocycles. The monoisotopic (exact) mass is 282 g/mol. The third-order valence-electron chi connectivity index (χ3n) is 3.46. The molecule has 5 heteroatoms. The normalized spacial score (nSPS) is 26.0. The number of aromatic nitrogens is 1. The minimum Gasteiger partial charge on any atom is -0.465 e. The van der Waals surface area contributed by atoms with E-state index in [1.807, 2.05) is 6.92 Å². The Morgan fingerprint density at radius 2 is 2.44 bits per heavy atom. The van der Waals surface area contributed by atoms with E-state index in [0.29, 0.717) is 18.4 Å². The molecule has 16 heavy (non-hydrogen) atoms. The molecule has 2 unspecified atom stereocenters. The first-order chi connectivity index (χ1) is 7.59. The van der Waals surface area contributed by atoms with Crippen molar-refractivity contribution >= 4 is 27.7 Å². The molecule has 0 radical (unpaired) electrons. The molecule has 3 rings (SSSR count). The topological polar surface area (TPSA) is 53.4 Å². The van der Waals surface area contributed by atoms with Gasteiger partial charge in [-0.1, -0.05) is 0 Å². The molecule has 1 amide bonds. The number of carbonyl (C=O) groups is 1. The van der Waals surface area contributed by atoms with Crippen LogP contribution in [0.15, 0.2) is 10.7 Å². The van der Waals surface area contributed by atoms with Crippen molar-refractivity contribution in [3.63, 3.8) is 0 Å². The van der Waals surface area contributed by atoms with Crippen molar-refractivity contribution in [2.75, 3.05) is 11.4 Å². The molecule has 1 aliphatic carbocycles. The number of nitrogens with zero attached hydrogens (tertiary/aromatic N) is 2. The van der Waals surface area contributed by atoms with Crippen LogP contribution in [0.25, 0.3) is 0 Å². The van der Waals surface area contributed by atoms with Crippen molar-refractivity contribution in [3.8, 4) is 0 Å². The molecule has 84 valence electrons. The van der Waals surface area contributed by atoms with Crippen LogP contribution < -0.4 is 4.90 Å². The molecule has 1 fully saturated rings. The summed E-state index contributed by atoms with van der Waals surface area (Å²) in [7, 11) is 0. The van der Waals surface area contributed by atoms with Crippen LogP contribution in [0.4, 0.5) is 10.5 Å². The second kappa shape index (κ2) is 3.20. The van der Waals surface area contributed by atoms with Crippen LogP contribution in [-0.4, -0.2) is 22.7 Å². The molecular weight excluding hydrogens is 272 g/mol. The lowest BCUT2D eigenvalue weighted by atomic mass is 10.0. The highest BCUT2D eigenvalue weighted by molar-refractivity contribution is 9.10. The van der Waals surface area contributed by atoms with E-state index >= 15 is 0 Å². The van der Waals surface area contributed by atoms with E-state index in [-0.39, 0.29) is 0 Å². The molecule has 0 spiro atoms. The molecule has 1 aromatic heterocycles. The Bertz CT molecular complexity index is 489. The van der Waals surface area contributed by atoms with E-state index in [1.54, 1.807) is 6.20 Å². The summed E-state index contributed by atoms with van der Waals surface area (Å²) in [6.07, 6.45) is 1.97. The highest BCUT2D eigenvalue weighted by Crippen LogP contribution is 2.54. The predicted octanol–water partition coefficient (Wildman–Crippen LogP) is 2.75. The van der Waals surface area contributed by atoms with E-state index in [9.17, 15) is 9.90 Å². The zero-order valence-electron chi connectivity index (χ0n) is 8.77. The molecule has 0 bridgehead atoms. The van der Waals surface area contributed by atoms with Gasteiger partial charge in [0.15, 0.2) is 0 Å². The Kier molecular flexibility index (Phi) is 2.01. The summed E-state index contributed by atoms with van der Waals surface area (Å²) in [4.78, 5) is 17.1. The van der Waals surface area contributed by atoms with Crippen LogP contribution in [0.5, 0.6) is 0 Å². The summed E-state index contributed by atoms with van der Waals surface area (Å²) in [5, 5.41) is 9.22. The van der Waals surface area contributed by atoms with Gasteiger partial charge in [-0.3, -0.25) is 9.88 Å². The van der Waals surface area contributed by atoms with Crippen LogP contribution in [-0.2, 0) is 0 Å². The van der Waals surface area contributed by atoms with Gasteiger partial charge in [-0.15, -0.1) is 0 Å². The van der Waals surface area contributed by atoms with Gasteiger partial charge in [0.25, 0.3) is 0 Å². The smallest absolute Gasteiger partial charge is 0.411 e. The molecule has 0 saturated heterocycles. The number of hydrogen-bond acceptors (Lipinski definition) is 2.